The van der Waals surface area contributed by atoms with E-state index in [1.54, 1.807) is 12.1 Å². The number of nitrogens with one attached hydrogen (secondary N) is 1. The van der Waals surface area contributed by atoms with Crippen LogP contribution in [0.25, 0.3) is 0 Å². The molecule has 1 aromatic carbocycles. The highest BCUT2D eigenvalue weighted by Gasteiger charge is 2.40. The van der Waals surface area contributed by atoms with E-state index in [1.807, 2.05) is 13.1 Å². The smallest absolute Gasteiger partial charge is 0.165 e. The first kappa shape index (κ1) is 13.3. The Kier molecular flexibility index (Phi) is 3.91. The third-order valence-corrected chi connectivity index (χ3v) is 3.97. The molecule has 0 heterocycles. The Morgan fingerprint density at radius 1 is 1.44 bits per heavy atom. The second kappa shape index (κ2) is 5.27. The van der Waals surface area contributed by atoms with E-state index in [9.17, 15) is 4.39 Å². The normalized spacial score (nSPS) is 18.4. The molecule has 2 rings (SSSR count). The van der Waals surface area contributed by atoms with Gasteiger partial charge in [-0.25, -0.2) is 4.39 Å². The van der Waals surface area contributed by atoms with Crippen molar-refractivity contribution in [3.8, 4) is 5.75 Å². The molecule has 18 heavy (non-hydrogen) atoms. The molecule has 1 fully saturated rings. The number of hydrogen-bond acceptors (Lipinski definition) is 2. The molecule has 2 nitrogen and oxygen atoms in total. The molecule has 0 saturated heterocycles. The van der Waals surface area contributed by atoms with Crippen molar-refractivity contribution >= 4 is 0 Å². The minimum Gasteiger partial charge on any atom is -0.494 e. The summed E-state index contributed by atoms with van der Waals surface area (Å²) in [5, 5.41) is 3.27. The highest BCUT2D eigenvalue weighted by atomic mass is 19.1. The summed E-state index contributed by atoms with van der Waals surface area (Å²) in [4.78, 5) is 0. The summed E-state index contributed by atoms with van der Waals surface area (Å²) in [5.74, 6) is 0.827. The molecule has 0 bridgehead atoms. The molecule has 1 atom stereocenters. The Labute approximate surface area is 109 Å². The molecule has 3 heteroatoms. The van der Waals surface area contributed by atoms with Crippen LogP contribution < -0.4 is 10.1 Å². The Morgan fingerprint density at radius 2 is 2.17 bits per heavy atom. The van der Waals surface area contributed by atoms with Crippen molar-refractivity contribution in [3.63, 3.8) is 0 Å². The Hall–Kier alpha value is -1.09. The van der Waals surface area contributed by atoms with E-state index in [2.05, 4.69) is 12.2 Å². The van der Waals surface area contributed by atoms with Gasteiger partial charge in [0.2, 0.25) is 0 Å². The molecular weight excluding hydrogens is 229 g/mol. The number of benzene rings is 1. The van der Waals surface area contributed by atoms with E-state index in [-0.39, 0.29) is 11.2 Å². The van der Waals surface area contributed by atoms with Crippen LogP contribution in [0.4, 0.5) is 4.39 Å². The summed E-state index contributed by atoms with van der Waals surface area (Å²) >= 11 is 0. The van der Waals surface area contributed by atoms with Gasteiger partial charge in [-0.15, -0.1) is 0 Å². The first-order valence-corrected chi connectivity index (χ1v) is 6.56. The molecule has 100 valence electrons. The van der Waals surface area contributed by atoms with E-state index in [0.717, 1.165) is 24.4 Å². The molecule has 1 aliphatic carbocycles. The van der Waals surface area contributed by atoms with E-state index in [1.165, 1.54) is 20.0 Å². The van der Waals surface area contributed by atoms with Crippen LogP contribution in [-0.2, 0) is 6.42 Å². The number of ether oxygens (including phenoxy) is 1. The third-order valence-electron chi connectivity index (χ3n) is 3.97. The zero-order chi connectivity index (χ0) is 13.2. The van der Waals surface area contributed by atoms with Gasteiger partial charge in [-0.3, -0.25) is 0 Å². The highest BCUT2D eigenvalue weighted by Crippen LogP contribution is 2.47. The standard InChI is InChI=1S/C15H22FNO/c1-15(10-17-2,12-5-6-12)9-11-4-7-14(18-3)13(16)8-11/h4,7-8,12,17H,5-6,9-10H2,1-3H3. The van der Waals surface area contributed by atoms with Crippen LogP contribution in [0, 0.1) is 17.2 Å². The van der Waals surface area contributed by atoms with Crippen LogP contribution in [-0.4, -0.2) is 20.7 Å². The van der Waals surface area contributed by atoms with Crippen LogP contribution in [0.15, 0.2) is 18.2 Å². The van der Waals surface area contributed by atoms with E-state index in [0.29, 0.717) is 5.75 Å². The van der Waals surface area contributed by atoms with Crippen LogP contribution >= 0.6 is 0 Å². The number of halogens is 1. The zero-order valence-electron chi connectivity index (χ0n) is 11.4. The fraction of sp³-hybridized carbons (Fsp3) is 0.600. The van der Waals surface area contributed by atoms with Gasteiger partial charge in [-0.05, 0) is 55.3 Å². The average molecular weight is 251 g/mol. The summed E-state index contributed by atoms with van der Waals surface area (Å²) < 4.78 is 18.6. The van der Waals surface area contributed by atoms with Crippen molar-refractivity contribution in [1.82, 2.24) is 5.32 Å². The molecule has 0 spiro atoms. The van der Waals surface area contributed by atoms with Gasteiger partial charge in [0.25, 0.3) is 0 Å². The van der Waals surface area contributed by atoms with E-state index < -0.39 is 0 Å². The minimum absolute atomic E-state index is 0.232. The average Bonchev–Trinajstić information content (AvgIpc) is 3.13. The Morgan fingerprint density at radius 3 is 2.67 bits per heavy atom. The summed E-state index contributed by atoms with van der Waals surface area (Å²) in [6.45, 7) is 3.27. The molecule has 1 saturated carbocycles. The summed E-state index contributed by atoms with van der Waals surface area (Å²) in [7, 11) is 3.47. The SMILES string of the molecule is CNCC(C)(Cc1ccc(OC)c(F)c1)C1CC1. The number of methoxy groups -OCH3 is 1. The van der Waals surface area contributed by atoms with Crippen molar-refractivity contribution in [1.29, 1.82) is 0 Å². The fourth-order valence-corrected chi connectivity index (χ4v) is 2.82. The van der Waals surface area contributed by atoms with Gasteiger partial charge in [0.1, 0.15) is 0 Å². The molecule has 0 aromatic heterocycles. The molecule has 0 radical (unpaired) electrons. The maximum Gasteiger partial charge on any atom is 0.165 e. The lowest BCUT2D eigenvalue weighted by Gasteiger charge is -2.30. The maximum atomic E-state index is 13.7. The topological polar surface area (TPSA) is 21.3 Å². The quantitative estimate of drug-likeness (QED) is 0.839. The van der Waals surface area contributed by atoms with Crippen molar-refractivity contribution in [2.75, 3.05) is 20.7 Å². The second-order valence-electron chi connectivity index (χ2n) is 5.60. The lowest BCUT2D eigenvalue weighted by molar-refractivity contribution is 0.262. The van der Waals surface area contributed by atoms with Crippen molar-refractivity contribution in [3.05, 3.63) is 29.6 Å². The largest absolute Gasteiger partial charge is 0.494 e. The maximum absolute atomic E-state index is 13.7. The highest BCUT2D eigenvalue weighted by molar-refractivity contribution is 5.30. The Bertz CT molecular complexity index is 417. The van der Waals surface area contributed by atoms with Gasteiger partial charge in [-0.1, -0.05) is 13.0 Å². The Balaban J connectivity index is 2.13. The molecule has 1 N–H and O–H groups in total. The molecule has 0 aliphatic heterocycles. The van der Waals surface area contributed by atoms with Crippen molar-refractivity contribution in [2.45, 2.75) is 26.2 Å². The minimum atomic E-state index is -0.266. The van der Waals surface area contributed by atoms with Gasteiger partial charge < -0.3 is 10.1 Å². The lowest BCUT2D eigenvalue weighted by atomic mass is 9.79. The van der Waals surface area contributed by atoms with Gasteiger partial charge >= 0.3 is 0 Å². The molecule has 0 amide bonds. The lowest BCUT2D eigenvalue weighted by Crippen LogP contribution is -2.33. The molecule has 1 unspecified atom stereocenters. The summed E-state index contributed by atoms with van der Waals surface area (Å²) in [6.07, 6.45) is 3.52. The van der Waals surface area contributed by atoms with Crippen LogP contribution in [0.5, 0.6) is 5.75 Å². The monoisotopic (exact) mass is 251 g/mol. The van der Waals surface area contributed by atoms with Crippen molar-refractivity contribution < 1.29 is 9.13 Å². The van der Waals surface area contributed by atoms with Crippen LogP contribution in [0.3, 0.4) is 0 Å². The molecular formula is C15H22FNO. The van der Waals surface area contributed by atoms with Gasteiger partial charge in [0.15, 0.2) is 11.6 Å². The summed E-state index contributed by atoms with van der Waals surface area (Å²) in [6, 6.07) is 5.30. The predicted molar refractivity (Wildman–Crippen MR) is 71.4 cm³/mol. The molecule has 1 aromatic rings. The number of hydrogen-bond donors (Lipinski definition) is 1. The van der Waals surface area contributed by atoms with Gasteiger partial charge in [-0.2, -0.15) is 0 Å². The summed E-state index contributed by atoms with van der Waals surface area (Å²) in [5.41, 5.74) is 1.29. The fourth-order valence-electron chi connectivity index (χ4n) is 2.82. The predicted octanol–water partition coefficient (Wildman–Crippen LogP) is 3.01. The first-order valence-electron chi connectivity index (χ1n) is 6.56. The van der Waals surface area contributed by atoms with Crippen LogP contribution in [0.1, 0.15) is 25.3 Å². The third kappa shape index (κ3) is 2.83. The second-order valence-corrected chi connectivity index (χ2v) is 5.60. The number of rotatable bonds is 6. The van der Waals surface area contributed by atoms with E-state index >= 15 is 0 Å². The van der Waals surface area contributed by atoms with Gasteiger partial charge in [0, 0.05) is 6.54 Å². The van der Waals surface area contributed by atoms with E-state index in [4.69, 9.17) is 4.74 Å². The zero-order valence-corrected chi connectivity index (χ0v) is 11.4. The first-order chi connectivity index (χ1) is 8.59. The van der Waals surface area contributed by atoms with Crippen LogP contribution in [0.2, 0.25) is 0 Å². The van der Waals surface area contributed by atoms with Crippen molar-refractivity contribution in [2.24, 2.45) is 11.3 Å². The van der Waals surface area contributed by atoms with Gasteiger partial charge in [0.05, 0.1) is 7.11 Å². The molecule has 1 aliphatic rings.